The second-order valence-corrected chi connectivity index (χ2v) is 9.74. The lowest BCUT2D eigenvalue weighted by atomic mass is 9.95. The molecule has 7 nitrogen and oxygen atoms in total. The normalized spacial score (nSPS) is 20.5. The molecule has 2 atom stereocenters. The summed E-state index contributed by atoms with van der Waals surface area (Å²) in [5.41, 5.74) is -1.55. The number of carbonyl (C=O) groups excluding carboxylic acids is 1. The van der Waals surface area contributed by atoms with Gasteiger partial charge in [-0.2, -0.15) is 13.2 Å². The van der Waals surface area contributed by atoms with Crippen LogP contribution in [0.25, 0.3) is 0 Å². The standard InChI is InChI=1S/C19H20F5N5O2S/c1-11-10-29(6-4-18(11,20)21)16-14(7-12(9-27-16)19(22,23)24)17(30)28-13-3-5-26-15(8-13)32(2,25)31/h3,5,7-9,11,25H,4,6,10H2,1-2H3,(H,26,28,30)/t11-,32-/m1/s1. The van der Waals surface area contributed by atoms with Gasteiger partial charge in [-0.25, -0.2) is 27.7 Å². The summed E-state index contributed by atoms with van der Waals surface area (Å²) in [6.07, 6.45) is -2.42. The number of alkyl halides is 5. The zero-order valence-corrected chi connectivity index (χ0v) is 17.9. The highest BCUT2D eigenvalue weighted by atomic mass is 32.2. The Morgan fingerprint density at radius 3 is 2.59 bits per heavy atom. The lowest BCUT2D eigenvalue weighted by molar-refractivity contribution is -0.137. The number of rotatable bonds is 4. The minimum atomic E-state index is -4.77. The van der Waals surface area contributed by atoms with Crippen molar-refractivity contribution in [1.29, 1.82) is 4.78 Å². The number of hydrogen-bond acceptors (Lipinski definition) is 6. The number of carbonyl (C=O) groups is 1. The highest BCUT2D eigenvalue weighted by Gasteiger charge is 2.42. The van der Waals surface area contributed by atoms with Gasteiger partial charge in [0.25, 0.3) is 11.8 Å². The van der Waals surface area contributed by atoms with Gasteiger partial charge in [0.1, 0.15) is 10.8 Å². The Hall–Kier alpha value is -2.83. The molecule has 13 heteroatoms. The maximum Gasteiger partial charge on any atom is 0.417 e. The molecule has 174 valence electrons. The van der Waals surface area contributed by atoms with Crippen LogP contribution >= 0.6 is 0 Å². The van der Waals surface area contributed by atoms with Crippen LogP contribution in [-0.4, -0.2) is 45.4 Å². The van der Waals surface area contributed by atoms with Crippen LogP contribution in [-0.2, 0) is 15.9 Å². The van der Waals surface area contributed by atoms with Gasteiger partial charge in [-0.1, -0.05) is 6.92 Å². The molecule has 2 aromatic heterocycles. The van der Waals surface area contributed by atoms with E-state index in [1.807, 2.05) is 0 Å². The number of amides is 1. The highest BCUT2D eigenvalue weighted by Crippen LogP contribution is 2.37. The van der Waals surface area contributed by atoms with Crippen LogP contribution in [0, 0.1) is 10.7 Å². The Kier molecular flexibility index (Phi) is 6.15. The van der Waals surface area contributed by atoms with Gasteiger partial charge in [0.15, 0.2) is 0 Å². The van der Waals surface area contributed by atoms with Crippen molar-refractivity contribution in [2.45, 2.75) is 30.5 Å². The minimum absolute atomic E-state index is 0.0590. The second-order valence-electron chi connectivity index (χ2n) is 7.63. The van der Waals surface area contributed by atoms with Crippen LogP contribution < -0.4 is 10.2 Å². The molecule has 1 aliphatic heterocycles. The minimum Gasteiger partial charge on any atom is -0.355 e. The van der Waals surface area contributed by atoms with E-state index in [0.717, 1.165) is 6.26 Å². The predicted octanol–water partition coefficient (Wildman–Crippen LogP) is 4.26. The summed E-state index contributed by atoms with van der Waals surface area (Å²) < 4.78 is 86.9. The maximum atomic E-state index is 13.9. The van der Waals surface area contributed by atoms with Crippen molar-refractivity contribution in [1.82, 2.24) is 9.97 Å². The molecule has 0 saturated carbocycles. The summed E-state index contributed by atoms with van der Waals surface area (Å²) >= 11 is 0. The summed E-state index contributed by atoms with van der Waals surface area (Å²) in [6.45, 7) is 0.936. The third kappa shape index (κ3) is 5.14. The topological polar surface area (TPSA) is 99.0 Å². The maximum absolute atomic E-state index is 13.9. The van der Waals surface area contributed by atoms with E-state index >= 15 is 0 Å². The Morgan fingerprint density at radius 1 is 1.31 bits per heavy atom. The number of nitrogens with zero attached hydrogens (tertiary/aromatic N) is 3. The Balaban J connectivity index is 1.99. The smallest absolute Gasteiger partial charge is 0.355 e. The number of aromatic nitrogens is 2. The molecule has 1 amide bonds. The molecule has 0 bridgehead atoms. The first-order chi connectivity index (χ1) is 14.7. The summed E-state index contributed by atoms with van der Waals surface area (Å²) in [4.78, 5) is 21.8. The summed E-state index contributed by atoms with van der Waals surface area (Å²) in [5, 5.41) is 2.27. The van der Waals surface area contributed by atoms with Gasteiger partial charge in [0.2, 0.25) is 0 Å². The molecule has 1 aliphatic rings. The fourth-order valence-electron chi connectivity index (χ4n) is 3.21. The lowest BCUT2D eigenvalue weighted by Crippen LogP contribution is -2.46. The number of piperidine rings is 1. The van der Waals surface area contributed by atoms with Crippen LogP contribution in [0.15, 0.2) is 35.6 Å². The third-order valence-corrected chi connectivity index (χ3v) is 6.08. The predicted molar refractivity (Wildman–Crippen MR) is 107 cm³/mol. The van der Waals surface area contributed by atoms with E-state index in [0.29, 0.717) is 12.3 Å². The Labute approximate surface area is 181 Å². The second kappa shape index (κ2) is 8.26. The molecule has 0 spiro atoms. The Morgan fingerprint density at radius 2 is 2.00 bits per heavy atom. The molecule has 0 aliphatic carbocycles. The van der Waals surface area contributed by atoms with Gasteiger partial charge in [-0.15, -0.1) is 0 Å². The van der Waals surface area contributed by atoms with Crippen molar-refractivity contribution in [2.24, 2.45) is 5.92 Å². The summed E-state index contributed by atoms with van der Waals surface area (Å²) in [5.74, 6) is -5.13. The number of halogens is 5. The average molecular weight is 477 g/mol. The van der Waals surface area contributed by atoms with Crippen LogP contribution in [0.4, 0.5) is 33.5 Å². The van der Waals surface area contributed by atoms with E-state index in [-0.39, 0.29) is 29.6 Å². The number of nitrogens with one attached hydrogen (secondary N) is 2. The molecule has 3 rings (SSSR count). The molecular weight excluding hydrogens is 457 g/mol. The molecular formula is C19H20F5N5O2S. The first-order valence-electron chi connectivity index (χ1n) is 9.40. The molecule has 1 fully saturated rings. The van der Waals surface area contributed by atoms with E-state index in [4.69, 9.17) is 4.78 Å². The fourth-order valence-corrected chi connectivity index (χ4v) is 3.82. The van der Waals surface area contributed by atoms with Gasteiger partial charge in [0.05, 0.1) is 20.9 Å². The van der Waals surface area contributed by atoms with E-state index in [9.17, 15) is 31.0 Å². The zero-order valence-electron chi connectivity index (χ0n) is 17.0. The number of pyridine rings is 2. The van der Waals surface area contributed by atoms with Crippen LogP contribution in [0.5, 0.6) is 0 Å². The van der Waals surface area contributed by atoms with E-state index in [2.05, 4.69) is 15.3 Å². The molecule has 1 saturated heterocycles. The molecule has 3 heterocycles. The molecule has 32 heavy (non-hydrogen) atoms. The quantitative estimate of drug-likeness (QED) is 0.641. The molecule has 2 aromatic rings. The van der Waals surface area contributed by atoms with Crippen molar-refractivity contribution in [2.75, 3.05) is 29.6 Å². The Bertz CT molecular complexity index is 1140. The molecule has 2 N–H and O–H groups in total. The summed E-state index contributed by atoms with van der Waals surface area (Å²) in [6, 6.07) is 3.11. The van der Waals surface area contributed by atoms with Gasteiger partial charge in [0, 0.05) is 49.8 Å². The van der Waals surface area contributed by atoms with Crippen molar-refractivity contribution in [3.05, 3.63) is 41.7 Å². The zero-order chi connectivity index (χ0) is 23.9. The molecule has 0 radical (unpaired) electrons. The first kappa shape index (κ1) is 23.8. The van der Waals surface area contributed by atoms with E-state index < -0.39 is 51.2 Å². The van der Waals surface area contributed by atoms with Crippen LogP contribution in [0.2, 0.25) is 0 Å². The van der Waals surface area contributed by atoms with Gasteiger partial charge in [-0.3, -0.25) is 4.79 Å². The highest BCUT2D eigenvalue weighted by molar-refractivity contribution is 7.91. The number of anilines is 2. The van der Waals surface area contributed by atoms with E-state index in [1.54, 1.807) is 0 Å². The monoisotopic (exact) mass is 477 g/mol. The van der Waals surface area contributed by atoms with Crippen molar-refractivity contribution < 1.29 is 31.0 Å². The fraction of sp³-hybridized carbons (Fsp3) is 0.421. The van der Waals surface area contributed by atoms with Crippen LogP contribution in [0.1, 0.15) is 29.3 Å². The third-order valence-electron chi connectivity index (χ3n) is 5.06. The van der Waals surface area contributed by atoms with E-state index in [1.165, 1.54) is 30.2 Å². The van der Waals surface area contributed by atoms with Gasteiger partial charge < -0.3 is 10.2 Å². The average Bonchev–Trinajstić information content (AvgIpc) is 2.68. The van der Waals surface area contributed by atoms with Crippen LogP contribution in [0.3, 0.4) is 0 Å². The molecule has 0 unspecified atom stereocenters. The molecule has 0 aromatic carbocycles. The SMILES string of the molecule is C[C@@H]1CN(c2ncc(C(F)(F)F)cc2C(=O)Nc2ccnc([S@](C)(=N)=O)c2)CCC1(F)F. The first-order valence-corrected chi connectivity index (χ1v) is 11.4. The lowest BCUT2D eigenvalue weighted by Gasteiger charge is -2.38. The van der Waals surface area contributed by atoms with Crippen molar-refractivity contribution in [3.63, 3.8) is 0 Å². The van der Waals surface area contributed by atoms with Crippen molar-refractivity contribution in [3.8, 4) is 0 Å². The number of hydrogen-bond donors (Lipinski definition) is 2. The van der Waals surface area contributed by atoms with Gasteiger partial charge >= 0.3 is 6.18 Å². The van der Waals surface area contributed by atoms with Gasteiger partial charge in [-0.05, 0) is 18.2 Å². The summed E-state index contributed by atoms with van der Waals surface area (Å²) in [7, 11) is -3.20. The van der Waals surface area contributed by atoms with Crippen molar-refractivity contribution >= 4 is 27.1 Å². The largest absolute Gasteiger partial charge is 0.417 e.